The zero-order chi connectivity index (χ0) is 12.8. The van der Waals surface area contributed by atoms with Gasteiger partial charge in [-0.15, -0.1) is 0 Å². The van der Waals surface area contributed by atoms with Crippen molar-refractivity contribution in [2.75, 3.05) is 6.54 Å². The molecule has 0 aromatic heterocycles. The lowest BCUT2D eigenvalue weighted by Gasteiger charge is -2.12. The molecule has 1 aromatic rings. The van der Waals surface area contributed by atoms with E-state index in [1.165, 1.54) is 16.7 Å². The Balaban J connectivity index is 2.56. The minimum absolute atomic E-state index is 0.266. The van der Waals surface area contributed by atoms with Crippen molar-refractivity contribution in [3.8, 4) is 0 Å². The molecule has 1 N–H and O–H groups in total. The highest BCUT2D eigenvalue weighted by molar-refractivity contribution is 5.83. The molecule has 2 nitrogen and oxygen atoms in total. The Kier molecular flexibility index (Phi) is 5.36. The molecule has 0 fully saturated rings. The van der Waals surface area contributed by atoms with Gasteiger partial charge >= 0.3 is 0 Å². The van der Waals surface area contributed by atoms with Crippen LogP contribution in [-0.4, -0.2) is 18.4 Å². The van der Waals surface area contributed by atoms with Crippen molar-refractivity contribution < 1.29 is 4.79 Å². The Morgan fingerprint density at radius 3 is 2.41 bits per heavy atom. The lowest BCUT2D eigenvalue weighted by molar-refractivity contribution is -0.117. The highest BCUT2D eigenvalue weighted by Crippen LogP contribution is 2.13. The smallest absolute Gasteiger partial charge is 0.150 e. The molecule has 0 saturated heterocycles. The van der Waals surface area contributed by atoms with Gasteiger partial charge in [-0.2, -0.15) is 0 Å². The zero-order valence-electron chi connectivity index (χ0n) is 11.3. The summed E-state index contributed by atoms with van der Waals surface area (Å²) in [6.45, 7) is 8.83. The fourth-order valence-electron chi connectivity index (χ4n) is 1.82. The fraction of sp³-hybridized carbons (Fsp3) is 0.533. The summed E-state index contributed by atoms with van der Waals surface area (Å²) in [5.41, 5.74) is 3.60. The maximum atomic E-state index is 11.9. The lowest BCUT2D eigenvalue weighted by atomic mass is 9.98. The Morgan fingerprint density at radius 1 is 1.29 bits per heavy atom. The quantitative estimate of drug-likeness (QED) is 0.818. The first kappa shape index (κ1) is 13.9. The summed E-state index contributed by atoms with van der Waals surface area (Å²) in [7, 11) is 0. The molecular formula is C15H23NO. The van der Waals surface area contributed by atoms with E-state index in [0.717, 1.165) is 6.42 Å². The predicted octanol–water partition coefficient (Wildman–Crippen LogP) is 2.80. The van der Waals surface area contributed by atoms with Gasteiger partial charge < -0.3 is 5.32 Å². The normalized spacial score (nSPS) is 12.5. The van der Waals surface area contributed by atoms with Crippen molar-refractivity contribution in [3.05, 3.63) is 34.9 Å². The molecule has 0 aliphatic carbocycles. The molecule has 0 amide bonds. The largest absolute Gasteiger partial charge is 0.307 e. The number of hydrogen-bond donors (Lipinski definition) is 1. The van der Waals surface area contributed by atoms with Crippen molar-refractivity contribution >= 4 is 5.78 Å². The summed E-state index contributed by atoms with van der Waals surface area (Å²) >= 11 is 0. The second-order valence-electron chi connectivity index (χ2n) is 4.78. The average Bonchev–Trinajstić information content (AvgIpc) is 2.31. The van der Waals surface area contributed by atoms with Crippen LogP contribution in [0.1, 0.15) is 37.0 Å². The number of carbonyl (C=O) groups excluding carboxylic acids is 1. The number of Topliss-reactive ketones (excluding diaryl/α,β-unsaturated/α-hetero) is 1. The first-order chi connectivity index (χ1) is 8.04. The second-order valence-corrected chi connectivity index (χ2v) is 4.78. The molecule has 0 heterocycles. The summed E-state index contributed by atoms with van der Waals surface area (Å²) in [5.74, 6) is 0.266. The molecular weight excluding hydrogens is 210 g/mol. The first-order valence-electron chi connectivity index (χ1n) is 6.34. The van der Waals surface area contributed by atoms with Crippen molar-refractivity contribution in [2.24, 2.45) is 0 Å². The van der Waals surface area contributed by atoms with Crippen LogP contribution in [0.2, 0.25) is 0 Å². The van der Waals surface area contributed by atoms with E-state index in [1.807, 2.05) is 6.07 Å². The third-order valence-electron chi connectivity index (χ3n) is 3.28. The van der Waals surface area contributed by atoms with Gasteiger partial charge in [-0.3, -0.25) is 4.79 Å². The summed E-state index contributed by atoms with van der Waals surface area (Å²) in [4.78, 5) is 11.9. The monoisotopic (exact) mass is 233 g/mol. The average molecular weight is 233 g/mol. The summed E-state index contributed by atoms with van der Waals surface area (Å²) in [6, 6.07) is 6.59. The predicted molar refractivity (Wildman–Crippen MR) is 72.4 cm³/mol. The van der Waals surface area contributed by atoms with Gasteiger partial charge in [-0.05, 0) is 43.9 Å². The van der Waals surface area contributed by atoms with E-state index in [-0.39, 0.29) is 5.78 Å². The van der Waals surface area contributed by atoms with E-state index in [1.54, 1.807) is 0 Å². The minimum atomic E-state index is 0.266. The van der Waals surface area contributed by atoms with Crippen LogP contribution < -0.4 is 5.32 Å². The van der Waals surface area contributed by atoms with Crippen LogP contribution in [0.3, 0.4) is 0 Å². The number of hydrogen-bond acceptors (Lipinski definition) is 2. The summed E-state index contributed by atoms with van der Waals surface area (Å²) < 4.78 is 0. The van der Waals surface area contributed by atoms with E-state index in [9.17, 15) is 4.79 Å². The van der Waals surface area contributed by atoms with Gasteiger partial charge in [0.05, 0.1) is 6.54 Å². The van der Waals surface area contributed by atoms with E-state index in [2.05, 4.69) is 45.1 Å². The van der Waals surface area contributed by atoms with Gasteiger partial charge in [0.2, 0.25) is 0 Å². The maximum absolute atomic E-state index is 11.9. The molecule has 0 spiro atoms. The molecule has 1 rings (SSSR count). The van der Waals surface area contributed by atoms with Crippen molar-refractivity contribution in [1.82, 2.24) is 5.32 Å². The molecule has 0 aliphatic heterocycles. The lowest BCUT2D eigenvalue weighted by Crippen LogP contribution is -2.31. The van der Waals surface area contributed by atoms with E-state index in [4.69, 9.17) is 0 Å². The molecule has 2 heteroatoms. The zero-order valence-corrected chi connectivity index (χ0v) is 11.3. The molecule has 0 saturated carbocycles. The van der Waals surface area contributed by atoms with Gasteiger partial charge in [0.1, 0.15) is 0 Å². The highest BCUT2D eigenvalue weighted by atomic mass is 16.1. The third kappa shape index (κ3) is 4.31. The van der Waals surface area contributed by atoms with E-state index < -0.39 is 0 Å². The Bertz CT molecular complexity index is 364. The second kappa shape index (κ2) is 6.55. The number of nitrogens with one attached hydrogen (secondary N) is 1. The molecule has 94 valence electrons. The minimum Gasteiger partial charge on any atom is -0.307 e. The van der Waals surface area contributed by atoms with Gasteiger partial charge in [0.25, 0.3) is 0 Å². The van der Waals surface area contributed by atoms with Crippen molar-refractivity contribution in [2.45, 2.75) is 46.6 Å². The number of rotatable bonds is 6. The number of carbonyl (C=O) groups is 1. The summed E-state index contributed by atoms with van der Waals surface area (Å²) in [5, 5.41) is 3.24. The molecule has 0 aliphatic rings. The number of benzene rings is 1. The Labute approximate surface area is 104 Å². The SMILES string of the molecule is CCC(C)NCC(=O)Cc1c(C)cccc1C. The maximum Gasteiger partial charge on any atom is 0.150 e. The standard InChI is InChI=1S/C15H23NO/c1-5-13(4)16-10-14(17)9-15-11(2)7-6-8-12(15)3/h6-8,13,16H,5,9-10H2,1-4H3. The first-order valence-corrected chi connectivity index (χ1v) is 6.34. The number of ketones is 1. The van der Waals surface area contributed by atoms with Gasteiger partial charge in [-0.1, -0.05) is 25.1 Å². The van der Waals surface area contributed by atoms with Crippen LogP contribution >= 0.6 is 0 Å². The van der Waals surface area contributed by atoms with Crippen molar-refractivity contribution in [3.63, 3.8) is 0 Å². The van der Waals surface area contributed by atoms with Crippen LogP contribution in [-0.2, 0) is 11.2 Å². The molecule has 1 atom stereocenters. The van der Waals surface area contributed by atoms with Gasteiger partial charge in [0.15, 0.2) is 5.78 Å². The Morgan fingerprint density at radius 2 is 1.88 bits per heavy atom. The number of aryl methyl sites for hydroxylation is 2. The van der Waals surface area contributed by atoms with Crippen LogP contribution in [0, 0.1) is 13.8 Å². The molecule has 1 unspecified atom stereocenters. The molecule has 17 heavy (non-hydrogen) atoms. The summed E-state index contributed by atoms with van der Waals surface area (Å²) in [6.07, 6.45) is 1.60. The van der Waals surface area contributed by atoms with Gasteiger partial charge in [0, 0.05) is 12.5 Å². The Hall–Kier alpha value is -1.15. The van der Waals surface area contributed by atoms with Crippen LogP contribution in [0.4, 0.5) is 0 Å². The molecule has 0 radical (unpaired) electrons. The van der Waals surface area contributed by atoms with Crippen LogP contribution in [0.5, 0.6) is 0 Å². The molecule has 0 bridgehead atoms. The van der Waals surface area contributed by atoms with Crippen LogP contribution in [0.15, 0.2) is 18.2 Å². The van der Waals surface area contributed by atoms with Crippen LogP contribution in [0.25, 0.3) is 0 Å². The van der Waals surface area contributed by atoms with Crippen molar-refractivity contribution in [1.29, 1.82) is 0 Å². The highest BCUT2D eigenvalue weighted by Gasteiger charge is 2.09. The fourth-order valence-corrected chi connectivity index (χ4v) is 1.82. The van der Waals surface area contributed by atoms with Gasteiger partial charge in [-0.25, -0.2) is 0 Å². The molecule has 1 aromatic carbocycles. The topological polar surface area (TPSA) is 29.1 Å². The van der Waals surface area contributed by atoms with E-state index >= 15 is 0 Å². The third-order valence-corrected chi connectivity index (χ3v) is 3.28. The van der Waals surface area contributed by atoms with E-state index in [0.29, 0.717) is 19.0 Å².